The summed E-state index contributed by atoms with van der Waals surface area (Å²) in [6.07, 6.45) is 1.53. The van der Waals surface area contributed by atoms with Crippen LogP contribution < -0.4 is 16.5 Å². The second-order valence-electron chi connectivity index (χ2n) is 3.00. The Morgan fingerprint density at radius 3 is 2.81 bits per heavy atom. The molecular weight excluding hydrogens is 224 g/mol. The number of hydrogen-bond acceptors (Lipinski definition) is 3. The number of hydrazone groups is 1. The Balaban J connectivity index is 2.82. The van der Waals surface area contributed by atoms with E-state index in [0.717, 1.165) is 5.56 Å². The first kappa shape index (κ1) is 12.1. The summed E-state index contributed by atoms with van der Waals surface area (Å²) in [5.74, 6) is -0.136. The van der Waals surface area contributed by atoms with Gasteiger partial charge in [-0.2, -0.15) is 5.10 Å². The van der Waals surface area contributed by atoms with Gasteiger partial charge in [0, 0.05) is 18.2 Å². The molecule has 0 aliphatic heterocycles. The van der Waals surface area contributed by atoms with Crippen molar-refractivity contribution in [2.45, 2.75) is 6.92 Å². The molecule has 0 aliphatic rings. The van der Waals surface area contributed by atoms with Gasteiger partial charge in [0.2, 0.25) is 5.91 Å². The maximum absolute atomic E-state index is 10.9. The van der Waals surface area contributed by atoms with Gasteiger partial charge in [0.05, 0.1) is 6.21 Å². The van der Waals surface area contributed by atoms with Crippen LogP contribution in [0.1, 0.15) is 12.5 Å². The quantitative estimate of drug-likeness (QED) is 0.412. The van der Waals surface area contributed by atoms with E-state index < -0.39 is 0 Å². The van der Waals surface area contributed by atoms with Crippen LogP contribution in [0.3, 0.4) is 0 Å². The van der Waals surface area contributed by atoms with Crippen LogP contribution in [-0.4, -0.2) is 17.2 Å². The van der Waals surface area contributed by atoms with Crippen LogP contribution in [0.4, 0.5) is 5.69 Å². The molecule has 1 aromatic rings. The zero-order chi connectivity index (χ0) is 12.0. The minimum absolute atomic E-state index is 0.0910. The number of carbonyl (C=O) groups excluding carboxylic acids is 1. The van der Waals surface area contributed by atoms with E-state index in [-0.39, 0.29) is 11.0 Å². The maximum atomic E-state index is 10.9. The van der Waals surface area contributed by atoms with Crippen molar-refractivity contribution in [3.63, 3.8) is 0 Å². The summed E-state index contributed by atoms with van der Waals surface area (Å²) in [4.78, 5) is 10.9. The summed E-state index contributed by atoms with van der Waals surface area (Å²) < 4.78 is 0. The third-order valence-electron chi connectivity index (χ3n) is 1.65. The summed E-state index contributed by atoms with van der Waals surface area (Å²) in [6.45, 7) is 1.45. The van der Waals surface area contributed by atoms with E-state index in [1.807, 2.05) is 18.2 Å². The Labute approximate surface area is 98.7 Å². The minimum atomic E-state index is -0.136. The van der Waals surface area contributed by atoms with Crippen LogP contribution in [0.5, 0.6) is 0 Å². The number of thiocarbonyl (C=S) groups is 1. The molecule has 0 unspecified atom stereocenters. The predicted octanol–water partition coefficient (Wildman–Crippen LogP) is 0.812. The molecule has 0 radical (unpaired) electrons. The van der Waals surface area contributed by atoms with Crippen LogP contribution in [0.15, 0.2) is 29.4 Å². The Morgan fingerprint density at radius 2 is 2.19 bits per heavy atom. The number of carbonyl (C=O) groups is 1. The smallest absolute Gasteiger partial charge is 0.221 e. The summed E-state index contributed by atoms with van der Waals surface area (Å²) in [6, 6.07) is 7.26. The molecule has 4 N–H and O–H groups in total. The molecule has 1 aromatic carbocycles. The number of nitrogens with zero attached hydrogens (tertiary/aromatic N) is 1. The highest BCUT2D eigenvalue weighted by Gasteiger charge is 2.00. The van der Waals surface area contributed by atoms with E-state index in [1.165, 1.54) is 13.1 Å². The third-order valence-corrected chi connectivity index (χ3v) is 1.74. The first-order valence-electron chi connectivity index (χ1n) is 4.54. The van der Waals surface area contributed by atoms with E-state index in [2.05, 4.69) is 28.1 Å². The molecular formula is C10H12N4OS. The average Bonchev–Trinajstić information content (AvgIpc) is 2.19. The maximum Gasteiger partial charge on any atom is 0.221 e. The Bertz CT molecular complexity index is 431. The van der Waals surface area contributed by atoms with Crippen molar-refractivity contribution < 1.29 is 4.79 Å². The lowest BCUT2D eigenvalue weighted by atomic mass is 10.2. The van der Waals surface area contributed by atoms with Gasteiger partial charge in [0.15, 0.2) is 5.11 Å². The third kappa shape index (κ3) is 4.05. The van der Waals surface area contributed by atoms with Crippen molar-refractivity contribution >= 4 is 35.1 Å². The fraction of sp³-hybridized carbons (Fsp3) is 0.100. The standard InChI is InChI=1S/C10H12N4OS/c1-7(15)13-9-5-3-2-4-8(9)6-12-14-10(11)16/h2-6H,1H3,(H,13,15)(H3,11,14,16). The van der Waals surface area contributed by atoms with Gasteiger partial charge < -0.3 is 11.1 Å². The molecule has 0 saturated carbocycles. The highest BCUT2D eigenvalue weighted by Crippen LogP contribution is 2.12. The fourth-order valence-electron chi connectivity index (χ4n) is 1.08. The normalized spacial score (nSPS) is 10.1. The highest BCUT2D eigenvalue weighted by molar-refractivity contribution is 7.80. The second kappa shape index (κ2) is 5.82. The van der Waals surface area contributed by atoms with Crippen LogP contribution in [-0.2, 0) is 4.79 Å². The van der Waals surface area contributed by atoms with Gasteiger partial charge in [0.25, 0.3) is 0 Å². The van der Waals surface area contributed by atoms with Gasteiger partial charge in [-0.3, -0.25) is 10.2 Å². The lowest BCUT2D eigenvalue weighted by Gasteiger charge is -2.05. The molecule has 0 atom stereocenters. The van der Waals surface area contributed by atoms with Crippen molar-refractivity contribution in [2.75, 3.05) is 5.32 Å². The number of hydrogen-bond donors (Lipinski definition) is 3. The van der Waals surface area contributed by atoms with Crippen LogP contribution >= 0.6 is 12.2 Å². The Morgan fingerprint density at radius 1 is 1.50 bits per heavy atom. The van der Waals surface area contributed by atoms with Crippen molar-refractivity contribution in [1.29, 1.82) is 0 Å². The molecule has 0 bridgehead atoms. The fourth-order valence-corrected chi connectivity index (χ4v) is 1.13. The van der Waals surface area contributed by atoms with Crippen molar-refractivity contribution in [2.24, 2.45) is 10.8 Å². The van der Waals surface area contributed by atoms with Gasteiger partial charge in [-0.05, 0) is 18.3 Å². The summed E-state index contributed by atoms with van der Waals surface area (Å²) in [5.41, 5.74) is 9.10. The molecule has 16 heavy (non-hydrogen) atoms. The Hall–Kier alpha value is -1.95. The zero-order valence-corrected chi connectivity index (χ0v) is 9.54. The molecule has 0 saturated heterocycles. The lowest BCUT2D eigenvalue weighted by Crippen LogP contribution is -2.24. The van der Waals surface area contributed by atoms with E-state index in [1.54, 1.807) is 6.07 Å². The number of nitrogens with one attached hydrogen (secondary N) is 2. The number of benzene rings is 1. The van der Waals surface area contributed by atoms with Crippen molar-refractivity contribution in [3.05, 3.63) is 29.8 Å². The zero-order valence-electron chi connectivity index (χ0n) is 8.73. The molecule has 0 aromatic heterocycles. The Kier molecular flexibility index (Phi) is 4.41. The molecule has 5 nitrogen and oxygen atoms in total. The molecule has 0 fully saturated rings. The average molecular weight is 236 g/mol. The highest BCUT2D eigenvalue weighted by atomic mass is 32.1. The van der Waals surface area contributed by atoms with Crippen LogP contribution in [0, 0.1) is 0 Å². The molecule has 1 amide bonds. The van der Waals surface area contributed by atoms with E-state index in [4.69, 9.17) is 5.73 Å². The van der Waals surface area contributed by atoms with Gasteiger partial charge in [-0.25, -0.2) is 0 Å². The number of amides is 1. The number of para-hydroxylation sites is 1. The van der Waals surface area contributed by atoms with Gasteiger partial charge in [0.1, 0.15) is 0 Å². The number of anilines is 1. The largest absolute Gasteiger partial charge is 0.375 e. The lowest BCUT2D eigenvalue weighted by molar-refractivity contribution is -0.114. The first-order chi connectivity index (χ1) is 7.59. The molecule has 0 heterocycles. The SMILES string of the molecule is CC(=O)Nc1ccccc1C=NNC(N)=S. The minimum Gasteiger partial charge on any atom is -0.375 e. The molecule has 1 rings (SSSR count). The monoisotopic (exact) mass is 236 g/mol. The van der Waals surface area contributed by atoms with Crippen LogP contribution in [0.25, 0.3) is 0 Å². The van der Waals surface area contributed by atoms with Gasteiger partial charge in [-0.1, -0.05) is 18.2 Å². The van der Waals surface area contributed by atoms with Gasteiger partial charge >= 0.3 is 0 Å². The molecule has 0 spiro atoms. The van der Waals surface area contributed by atoms with Crippen LogP contribution in [0.2, 0.25) is 0 Å². The number of nitrogens with two attached hydrogens (primary N) is 1. The first-order valence-corrected chi connectivity index (χ1v) is 4.95. The van der Waals surface area contributed by atoms with E-state index >= 15 is 0 Å². The van der Waals surface area contributed by atoms with E-state index in [9.17, 15) is 4.79 Å². The van der Waals surface area contributed by atoms with E-state index in [0.29, 0.717) is 5.69 Å². The number of rotatable bonds is 3. The van der Waals surface area contributed by atoms with Crippen molar-refractivity contribution in [3.8, 4) is 0 Å². The topological polar surface area (TPSA) is 79.5 Å². The van der Waals surface area contributed by atoms with Gasteiger partial charge in [-0.15, -0.1) is 0 Å². The second-order valence-corrected chi connectivity index (χ2v) is 3.44. The molecule has 6 heteroatoms. The molecule has 0 aliphatic carbocycles. The summed E-state index contributed by atoms with van der Waals surface area (Å²) in [5, 5.41) is 6.60. The summed E-state index contributed by atoms with van der Waals surface area (Å²) >= 11 is 4.60. The predicted molar refractivity (Wildman–Crippen MR) is 68.3 cm³/mol. The summed E-state index contributed by atoms with van der Waals surface area (Å²) in [7, 11) is 0. The van der Waals surface area contributed by atoms with Crippen molar-refractivity contribution in [1.82, 2.24) is 5.43 Å². The molecule has 84 valence electrons.